The Bertz CT molecular complexity index is 541. The van der Waals surface area contributed by atoms with Crippen LogP contribution in [0.4, 0.5) is 0 Å². The van der Waals surface area contributed by atoms with Gasteiger partial charge in [0.15, 0.2) is 0 Å². The molecule has 1 unspecified atom stereocenters. The molecule has 0 radical (unpaired) electrons. The number of aromatic nitrogens is 1. The molecule has 1 aliphatic rings. The van der Waals surface area contributed by atoms with Crippen LogP contribution in [0.15, 0.2) is 5.38 Å². The van der Waals surface area contributed by atoms with E-state index in [1.165, 1.54) is 0 Å². The van der Waals surface area contributed by atoms with E-state index in [9.17, 15) is 14.7 Å². The van der Waals surface area contributed by atoms with E-state index in [-0.39, 0.29) is 18.2 Å². The zero-order valence-electron chi connectivity index (χ0n) is 12.8. The second-order valence-corrected chi connectivity index (χ2v) is 6.89. The van der Waals surface area contributed by atoms with E-state index in [0.29, 0.717) is 19.5 Å². The summed E-state index contributed by atoms with van der Waals surface area (Å²) in [6.07, 6.45) is 1.67. The Morgan fingerprint density at radius 3 is 2.71 bits per heavy atom. The number of amides is 1. The van der Waals surface area contributed by atoms with Gasteiger partial charge >= 0.3 is 5.97 Å². The number of aryl methyl sites for hydroxylation is 1. The number of hydrogen-bond donors (Lipinski definition) is 1. The maximum atomic E-state index is 12.3. The zero-order chi connectivity index (χ0) is 15.6. The molecule has 0 aliphatic carbocycles. The maximum absolute atomic E-state index is 12.3. The van der Waals surface area contributed by atoms with Crippen molar-refractivity contribution < 1.29 is 14.7 Å². The summed E-state index contributed by atoms with van der Waals surface area (Å²) in [4.78, 5) is 30.0. The van der Waals surface area contributed by atoms with Gasteiger partial charge in [-0.1, -0.05) is 20.8 Å². The van der Waals surface area contributed by atoms with Gasteiger partial charge < -0.3 is 10.0 Å². The number of likely N-dealkylation sites (tertiary alicyclic amines) is 1. The predicted molar refractivity (Wildman–Crippen MR) is 81.3 cm³/mol. The molecule has 0 aromatic carbocycles. The van der Waals surface area contributed by atoms with Gasteiger partial charge in [-0.3, -0.25) is 9.59 Å². The fraction of sp³-hybridized carbons (Fsp3) is 0.667. The highest BCUT2D eigenvalue weighted by Gasteiger charge is 2.48. The molecule has 6 heteroatoms. The van der Waals surface area contributed by atoms with Crippen LogP contribution in [-0.2, 0) is 22.4 Å². The number of carboxylic acids is 1. The third kappa shape index (κ3) is 3.10. The summed E-state index contributed by atoms with van der Waals surface area (Å²) < 4.78 is 0. The van der Waals surface area contributed by atoms with Crippen molar-refractivity contribution in [2.24, 2.45) is 11.3 Å². The highest BCUT2D eigenvalue weighted by Crippen LogP contribution is 2.38. The third-order valence-electron chi connectivity index (χ3n) is 4.42. The van der Waals surface area contributed by atoms with Crippen molar-refractivity contribution in [2.75, 3.05) is 13.1 Å². The molecule has 1 N–H and O–H groups in total. The van der Waals surface area contributed by atoms with Crippen molar-refractivity contribution in [2.45, 2.75) is 40.0 Å². The van der Waals surface area contributed by atoms with Gasteiger partial charge in [-0.25, -0.2) is 4.98 Å². The lowest BCUT2D eigenvalue weighted by Crippen LogP contribution is -2.41. The predicted octanol–water partition coefficient (Wildman–Crippen LogP) is 2.21. The second kappa shape index (κ2) is 6.13. The average Bonchev–Trinajstić information content (AvgIpc) is 3.05. The number of hydrogen-bond acceptors (Lipinski definition) is 4. The van der Waals surface area contributed by atoms with E-state index < -0.39 is 11.4 Å². The topological polar surface area (TPSA) is 70.5 Å². The van der Waals surface area contributed by atoms with Crippen LogP contribution >= 0.6 is 11.3 Å². The molecule has 1 atom stereocenters. The quantitative estimate of drug-likeness (QED) is 0.905. The molecule has 1 aromatic heterocycles. The molecule has 2 heterocycles. The first-order valence-electron chi connectivity index (χ1n) is 7.33. The summed E-state index contributed by atoms with van der Waals surface area (Å²) in [5, 5.41) is 12.5. The molecule has 2 rings (SSSR count). The summed E-state index contributed by atoms with van der Waals surface area (Å²) in [5.74, 6) is -0.805. The van der Waals surface area contributed by atoms with Crippen LogP contribution in [0.25, 0.3) is 0 Å². The monoisotopic (exact) mass is 310 g/mol. The van der Waals surface area contributed by atoms with Crippen LogP contribution in [0.1, 0.15) is 37.9 Å². The van der Waals surface area contributed by atoms with Crippen molar-refractivity contribution in [3.63, 3.8) is 0 Å². The summed E-state index contributed by atoms with van der Waals surface area (Å²) in [7, 11) is 0. The molecule has 1 saturated heterocycles. The van der Waals surface area contributed by atoms with E-state index in [1.807, 2.05) is 26.2 Å². The maximum Gasteiger partial charge on any atom is 0.311 e. The van der Waals surface area contributed by atoms with Gasteiger partial charge in [0.25, 0.3) is 0 Å². The first-order valence-corrected chi connectivity index (χ1v) is 8.21. The standard InChI is InChI=1S/C15H22N2O3S/c1-4-12-16-11(8-21-12)7-13(18)17-6-5-15(9-17,10(2)3)14(19)20/h8,10H,4-7,9H2,1-3H3,(H,19,20). The lowest BCUT2D eigenvalue weighted by atomic mass is 9.76. The fourth-order valence-corrected chi connectivity index (χ4v) is 3.54. The van der Waals surface area contributed by atoms with Crippen LogP contribution in [0.2, 0.25) is 0 Å². The van der Waals surface area contributed by atoms with Crippen molar-refractivity contribution >= 4 is 23.2 Å². The molecule has 5 nitrogen and oxygen atoms in total. The van der Waals surface area contributed by atoms with Crippen LogP contribution in [0, 0.1) is 11.3 Å². The summed E-state index contributed by atoms with van der Waals surface area (Å²) in [5.41, 5.74) is -0.00835. The first kappa shape index (κ1) is 15.9. The molecule has 0 spiro atoms. The number of carbonyl (C=O) groups is 2. The van der Waals surface area contributed by atoms with Gasteiger partial charge in [-0.15, -0.1) is 11.3 Å². The molecule has 1 aliphatic heterocycles. The summed E-state index contributed by atoms with van der Waals surface area (Å²) in [6, 6.07) is 0. The Morgan fingerprint density at radius 1 is 1.52 bits per heavy atom. The average molecular weight is 310 g/mol. The van der Waals surface area contributed by atoms with Crippen LogP contribution in [0.3, 0.4) is 0 Å². The number of thiazole rings is 1. The van der Waals surface area contributed by atoms with E-state index in [2.05, 4.69) is 4.98 Å². The van der Waals surface area contributed by atoms with E-state index in [0.717, 1.165) is 17.1 Å². The highest BCUT2D eigenvalue weighted by molar-refractivity contribution is 7.09. The van der Waals surface area contributed by atoms with Crippen molar-refractivity contribution in [3.05, 3.63) is 16.1 Å². The number of carbonyl (C=O) groups excluding carboxylic acids is 1. The van der Waals surface area contributed by atoms with Gasteiger partial charge in [-0.2, -0.15) is 0 Å². The third-order valence-corrected chi connectivity index (χ3v) is 5.46. The Kier molecular flexibility index (Phi) is 4.66. The Hall–Kier alpha value is -1.43. The van der Waals surface area contributed by atoms with Gasteiger partial charge in [0, 0.05) is 18.5 Å². The van der Waals surface area contributed by atoms with Crippen molar-refractivity contribution in [3.8, 4) is 0 Å². The minimum absolute atomic E-state index is 0.0127. The van der Waals surface area contributed by atoms with Gasteiger partial charge in [-0.05, 0) is 18.8 Å². The lowest BCUT2D eigenvalue weighted by Gasteiger charge is -2.28. The highest BCUT2D eigenvalue weighted by atomic mass is 32.1. The van der Waals surface area contributed by atoms with Crippen molar-refractivity contribution in [1.82, 2.24) is 9.88 Å². The number of carboxylic acid groups (broad SMARTS) is 1. The molecule has 1 fully saturated rings. The largest absolute Gasteiger partial charge is 0.481 e. The molecule has 0 bridgehead atoms. The molecule has 0 saturated carbocycles. The van der Waals surface area contributed by atoms with Crippen LogP contribution < -0.4 is 0 Å². The van der Waals surface area contributed by atoms with E-state index in [1.54, 1.807) is 16.2 Å². The SMILES string of the molecule is CCc1nc(CC(=O)N2CCC(C(=O)O)(C(C)C)C2)cs1. The van der Waals surface area contributed by atoms with E-state index >= 15 is 0 Å². The first-order chi connectivity index (χ1) is 9.89. The molecule has 1 aromatic rings. The second-order valence-electron chi connectivity index (χ2n) is 5.94. The van der Waals surface area contributed by atoms with Gasteiger partial charge in [0.1, 0.15) is 0 Å². The minimum atomic E-state index is -0.799. The smallest absolute Gasteiger partial charge is 0.311 e. The molecule has 21 heavy (non-hydrogen) atoms. The number of rotatable bonds is 5. The fourth-order valence-electron chi connectivity index (χ4n) is 2.80. The number of aliphatic carboxylic acids is 1. The molecule has 116 valence electrons. The van der Waals surface area contributed by atoms with Crippen LogP contribution in [-0.4, -0.2) is 40.0 Å². The van der Waals surface area contributed by atoms with Crippen molar-refractivity contribution in [1.29, 1.82) is 0 Å². The molecular weight excluding hydrogens is 288 g/mol. The van der Waals surface area contributed by atoms with Gasteiger partial charge in [0.05, 0.1) is 22.5 Å². The molecular formula is C15H22N2O3S. The van der Waals surface area contributed by atoms with E-state index in [4.69, 9.17) is 0 Å². The Labute approximate surface area is 129 Å². The lowest BCUT2D eigenvalue weighted by molar-refractivity contribution is -0.151. The zero-order valence-corrected chi connectivity index (χ0v) is 13.6. The normalized spacial score (nSPS) is 22.0. The minimum Gasteiger partial charge on any atom is -0.481 e. The number of nitrogens with zero attached hydrogens (tertiary/aromatic N) is 2. The summed E-state index contributed by atoms with van der Waals surface area (Å²) >= 11 is 1.57. The summed E-state index contributed by atoms with van der Waals surface area (Å²) in [6.45, 7) is 6.69. The Morgan fingerprint density at radius 2 is 2.24 bits per heavy atom. The van der Waals surface area contributed by atoms with Crippen LogP contribution in [0.5, 0.6) is 0 Å². The van der Waals surface area contributed by atoms with Gasteiger partial charge in [0.2, 0.25) is 5.91 Å². The molecule has 1 amide bonds. The Balaban J connectivity index is 2.03.